The van der Waals surface area contributed by atoms with E-state index in [2.05, 4.69) is 5.32 Å². The largest absolute Gasteiger partial charge is 0.457 e. The van der Waals surface area contributed by atoms with E-state index in [1.54, 1.807) is 0 Å². The second kappa shape index (κ2) is 7.12. The third-order valence-corrected chi connectivity index (χ3v) is 3.36. The minimum atomic E-state index is -4.45. The molecule has 1 amide bonds. The molecule has 0 unspecified atom stereocenters. The molecule has 2 rings (SSSR count). The van der Waals surface area contributed by atoms with Crippen LogP contribution in [-0.4, -0.2) is 23.2 Å². The fourth-order valence-electron chi connectivity index (χ4n) is 1.82. The van der Waals surface area contributed by atoms with Gasteiger partial charge >= 0.3 is 6.18 Å². The molecule has 0 saturated carbocycles. The van der Waals surface area contributed by atoms with Crippen molar-refractivity contribution in [3.8, 4) is 11.5 Å². The number of aliphatic hydroxyl groups excluding tert-OH is 1. The molecule has 0 bridgehead atoms. The number of nitrogens with one attached hydrogen (secondary N) is 1. The first-order valence-corrected chi connectivity index (χ1v) is 7.28. The monoisotopic (exact) mass is 354 g/mol. The Morgan fingerprint density at radius 3 is 2.36 bits per heavy atom. The number of hydrogen-bond donors (Lipinski definition) is 3. The van der Waals surface area contributed by atoms with Crippen molar-refractivity contribution in [2.75, 3.05) is 11.9 Å². The number of carbonyl (C=O) groups is 1. The average molecular weight is 354 g/mol. The van der Waals surface area contributed by atoms with Crippen LogP contribution >= 0.6 is 0 Å². The molecular weight excluding hydrogens is 337 g/mol. The molecule has 0 radical (unpaired) electrons. The van der Waals surface area contributed by atoms with Crippen molar-refractivity contribution in [3.63, 3.8) is 0 Å². The average Bonchev–Trinajstić information content (AvgIpc) is 2.56. The van der Waals surface area contributed by atoms with Crippen LogP contribution in [0.1, 0.15) is 12.5 Å². The second-order valence-corrected chi connectivity index (χ2v) is 5.68. The van der Waals surface area contributed by atoms with E-state index in [1.807, 2.05) is 0 Å². The van der Waals surface area contributed by atoms with E-state index < -0.39 is 29.8 Å². The Labute approximate surface area is 142 Å². The van der Waals surface area contributed by atoms with Crippen molar-refractivity contribution < 1.29 is 27.8 Å². The zero-order valence-corrected chi connectivity index (χ0v) is 13.3. The molecule has 0 spiro atoms. The summed E-state index contributed by atoms with van der Waals surface area (Å²) in [4.78, 5) is 11.8. The fraction of sp³-hybridized carbons (Fsp3) is 0.235. The van der Waals surface area contributed by atoms with E-state index in [4.69, 9.17) is 15.6 Å². The highest BCUT2D eigenvalue weighted by Crippen LogP contribution is 2.32. The molecule has 0 heterocycles. The smallest absolute Gasteiger partial charge is 0.416 e. The number of amides is 1. The van der Waals surface area contributed by atoms with Gasteiger partial charge in [0.15, 0.2) is 0 Å². The van der Waals surface area contributed by atoms with Crippen LogP contribution in [0.2, 0.25) is 0 Å². The van der Waals surface area contributed by atoms with Gasteiger partial charge in [-0.3, -0.25) is 4.79 Å². The van der Waals surface area contributed by atoms with Crippen molar-refractivity contribution in [2.24, 2.45) is 5.73 Å². The predicted octanol–water partition coefficient (Wildman–Crippen LogP) is 3.15. The summed E-state index contributed by atoms with van der Waals surface area (Å²) in [5.41, 5.74) is 3.79. The first-order chi connectivity index (χ1) is 11.6. The number of aliphatic hydroxyl groups is 1. The molecule has 0 aliphatic rings. The van der Waals surface area contributed by atoms with Crippen LogP contribution in [0, 0.1) is 0 Å². The van der Waals surface area contributed by atoms with Crippen molar-refractivity contribution in [1.82, 2.24) is 0 Å². The van der Waals surface area contributed by atoms with E-state index in [0.29, 0.717) is 11.4 Å². The van der Waals surface area contributed by atoms with Crippen molar-refractivity contribution in [3.05, 3.63) is 54.1 Å². The van der Waals surface area contributed by atoms with Gasteiger partial charge < -0.3 is 20.9 Å². The SMILES string of the molecule is C[C@](N)(CO)C(=O)Nc1ccc(Oc2cccc(C(F)(F)F)c2)cc1. The number of hydrogen-bond acceptors (Lipinski definition) is 4. The van der Waals surface area contributed by atoms with Crippen LogP contribution in [0.25, 0.3) is 0 Å². The van der Waals surface area contributed by atoms with E-state index in [0.717, 1.165) is 12.1 Å². The second-order valence-electron chi connectivity index (χ2n) is 5.68. The summed E-state index contributed by atoms with van der Waals surface area (Å²) in [5.74, 6) is -0.224. The number of carbonyl (C=O) groups excluding carboxylic acids is 1. The standard InChI is InChI=1S/C17H17F3N2O3/c1-16(21,10-23)15(24)22-12-5-7-13(8-6-12)25-14-4-2-3-11(9-14)17(18,19)20/h2-9,23H,10,21H2,1H3,(H,22,24)/t16-/m0/s1. The Hall–Kier alpha value is -2.58. The molecular formula is C17H17F3N2O3. The van der Waals surface area contributed by atoms with Crippen molar-refractivity contribution in [1.29, 1.82) is 0 Å². The molecule has 134 valence electrons. The fourth-order valence-corrected chi connectivity index (χ4v) is 1.82. The number of nitrogens with two attached hydrogens (primary N) is 1. The molecule has 5 nitrogen and oxygen atoms in total. The molecule has 0 aliphatic heterocycles. The Kier molecular flexibility index (Phi) is 5.34. The molecule has 0 saturated heterocycles. The van der Waals surface area contributed by atoms with Gasteiger partial charge in [0.2, 0.25) is 5.91 Å². The van der Waals surface area contributed by atoms with Crippen LogP contribution in [0.15, 0.2) is 48.5 Å². The molecule has 2 aromatic carbocycles. The van der Waals surface area contributed by atoms with Gasteiger partial charge in [-0.05, 0) is 49.4 Å². The van der Waals surface area contributed by atoms with Gasteiger partial charge in [0, 0.05) is 5.69 Å². The zero-order chi connectivity index (χ0) is 18.7. The van der Waals surface area contributed by atoms with Crippen LogP contribution < -0.4 is 15.8 Å². The minimum absolute atomic E-state index is 0.0430. The van der Waals surface area contributed by atoms with Crippen LogP contribution in [-0.2, 0) is 11.0 Å². The van der Waals surface area contributed by atoms with Gasteiger partial charge in [-0.25, -0.2) is 0 Å². The van der Waals surface area contributed by atoms with Gasteiger partial charge in [0.1, 0.15) is 17.0 Å². The van der Waals surface area contributed by atoms with E-state index in [-0.39, 0.29) is 5.75 Å². The van der Waals surface area contributed by atoms with Crippen LogP contribution in [0.3, 0.4) is 0 Å². The lowest BCUT2D eigenvalue weighted by Gasteiger charge is -2.20. The third-order valence-electron chi connectivity index (χ3n) is 3.36. The van der Waals surface area contributed by atoms with Gasteiger partial charge in [0.05, 0.1) is 12.2 Å². The summed E-state index contributed by atoms with van der Waals surface area (Å²) in [6.45, 7) is 0.864. The lowest BCUT2D eigenvalue weighted by Crippen LogP contribution is -2.51. The first kappa shape index (κ1) is 18.8. The molecule has 4 N–H and O–H groups in total. The summed E-state index contributed by atoms with van der Waals surface area (Å²) in [6.07, 6.45) is -4.45. The Morgan fingerprint density at radius 2 is 1.80 bits per heavy atom. The first-order valence-electron chi connectivity index (χ1n) is 7.28. The number of benzene rings is 2. The Bertz CT molecular complexity index is 744. The maximum atomic E-state index is 12.7. The number of anilines is 1. The number of rotatable bonds is 5. The van der Waals surface area contributed by atoms with Gasteiger partial charge in [-0.2, -0.15) is 13.2 Å². The van der Waals surface area contributed by atoms with E-state index >= 15 is 0 Å². The Balaban J connectivity index is 2.07. The van der Waals surface area contributed by atoms with Crippen LogP contribution in [0.4, 0.5) is 18.9 Å². The molecule has 0 aliphatic carbocycles. The molecule has 1 atom stereocenters. The zero-order valence-electron chi connectivity index (χ0n) is 13.3. The van der Waals surface area contributed by atoms with Crippen LogP contribution in [0.5, 0.6) is 11.5 Å². The molecule has 0 aromatic heterocycles. The summed E-state index contributed by atoms with van der Waals surface area (Å²) < 4.78 is 43.4. The lowest BCUT2D eigenvalue weighted by atomic mass is 10.0. The summed E-state index contributed by atoms with van der Waals surface area (Å²) in [6, 6.07) is 10.5. The molecule has 2 aromatic rings. The maximum Gasteiger partial charge on any atom is 0.416 e. The maximum absolute atomic E-state index is 12.7. The van der Waals surface area contributed by atoms with Crippen molar-refractivity contribution >= 4 is 11.6 Å². The number of alkyl halides is 3. The van der Waals surface area contributed by atoms with Gasteiger partial charge in [0.25, 0.3) is 0 Å². The highest BCUT2D eigenvalue weighted by atomic mass is 19.4. The van der Waals surface area contributed by atoms with Gasteiger partial charge in [-0.15, -0.1) is 0 Å². The molecule has 8 heteroatoms. The number of halogens is 3. The minimum Gasteiger partial charge on any atom is -0.457 e. The summed E-state index contributed by atoms with van der Waals surface area (Å²) in [7, 11) is 0. The predicted molar refractivity (Wildman–Crippen MR) is 86.3 cm³/mol. The third kappa shape index (κ3) is 4.94. The van der Waals surface area contributed by atoms with E-state index in [9.17, 15) is 18.0 Å². The van der Waals surface area contributed by atoms with E-state index in [1.165, 1.54) is 43.3 Å². The molecule has 0 fully saturated rings. The number of ether oxygens (including phenoxy) is 1. The quantitative estimate of drug-likeness (QED) is 0.770. The molecule has 25 heavy (non-hydrogen) atoms. The lowest BCUT2D eigenvalue weighted by molar-refractivity contribution is -0.137. The topological polar surface area (TPSA) is 84.6 Å². The normalized spacial score (nSPS) is 13.8. The van der Waals surface area contributed by atoms with Crippen molar-refractivity contribution in [2.45, 2.75) is 18.6 Å². The Morgan fingerprint density at radius 1 is 1.16 bits per heavy atom. The summed E-state index contributed by atoms with van der Waals surface area (Å²) in [5, 5.41) is 11.6. The highest BCUT2D eigenvalue weighted by molar-refractivity contribution is 5.97. The highest BCUT2D eigenvalue weighted by Gasteiger charge is 2.30. The summed E-state index contributed by atoms with van der Waals surface area (Å²) >= 11 is 0. The van der Waals surface area contributed by atoms with Gasteiger partial charge in [-0.1, -0.05) is 6.07 Å².